The Morgan fingerprint density at radius 2 is 2.20 bits per heavy atom. The van der Waals surface area contributed by atoms with E-state index in [2.05, 4.69) is 4.90 Å². The lowest BCUT2D eigenvalue weighted by Crippen LogP contribution is -2.38. The topological polar surface area (TPSA) is 49.8 Å². The number of halogens is 1. The first-order valence-electron chi connectivity index (χ1n) is 7.07. The number of aliphatic carboxylic acids is 1. The van der Waals surface area contributed by atoms with E-state index in [-0.39, 0.29) is 12.1 Å². The summed E-state index contributed by atoms with van der Waals surface area (Å²) >= 11 is 6.11. The number of ether oxygens (including phenoxy) is 1. The van der Waals surface area contributed by atoms with Crippen LogP contribution in [0.2, 0.25) is 5.02 Å². The molecule has 0 saturated carbocycles. The van der Waals surface area contributed by atoms with Crippen LogP contribution in [0.25, 0.3) is 0 Å². The number of likely N-dealkylation sites (tertiary alicyclic amines) is 1. The Hall–Kier alpha value is -1.26. The number of carboxylic acids is 1. The first-order chi connectivity index (χ1) is 9.66. The third-order valence-corrected chi connectivity index (χ3v) is 4.42. The van der Waals surface area contributed by atoms with Crippen LogP contribution in [0.4, 0.5) is 0 Å². The van der Waals surface area contributed by atoms with E-state index >= 15 is 0 Å². The van der Waals surface area contributed by atoms with Crippen LogP contribution in [0, 0.1) is 0 Å². The Morgan fingerprint density at radius 1 is 1.35 bits per heavy atom. The summed E-state index contributed by atoms with van der Waals surface area (Å²) in [6.45, 7) is 1.50. The molecule has 0 bridgehead atoms. The number of benzene rings is 1. The SMILES string of the molecule is O=C(O)C1CCCN1C1CCCOc2ccc(Cl)cc21. The molecule has 4 nitrogen and oxygen atoms in total. The van der Waals surface area contributed by atoms with Gasteiger partial charge in [0.25, 0.3) is 0 Å². The fraction of sp³-hybridized carbons (Fsp3) is 0.533. The molecule has 2 aliphatic heterocycles. The minimum atomic E-state index is -0.726. The quantitative estimate of drug-likeness (QED) is 0.911. The van der Waals surface area contributed by atoms with E-state index in [1.807, 2.05) is 18.2 Å². The molecular formula is C15H18ClNO3. The summed E-state index contributed by atoms with van der Waals surface area (Å²) in [5, 5.41) is 10.1. The van der Waals surface area contributed by atoms with Gasteiger partial charge in [-0.15, -0.1) is 0 Å². The highest BCUT2D eigenvalue weighted by atomic mass is 35.5. The molecule has 0 amide bonds. The van der Waals surface area contributed by atoms with Gasteiger partial charge in [0.1, 0.15) is 11.8 Å². The zero-order chi connectivity index (χ0) is 14.1. The molecule has 108 valence electrons. The van der Waals surface area contributed by atoms with Crippen LogP contribution >= 0.6 is 11.6 Å². The second-order valence-corrected chi connectivity index (χ2v) is 5.86. The molecule has 1 aromatic rings. The van der Waals surface area contributed by atoms with Crippen LogP contribution in [0.5, 0.6) is 5.75 Å². The summed E-state index contributed by atoms with van der Waals surface area (Å²) in [7, 11) is 0. The molecule has 20 heavy (non-hydrogen) atoms. The number of rotatable bonds is 2. The maximum Gasteiger partial charge on any atom is 0.320 e. The van der Waals surface area contributed by atoms with Crippen LogP contribution in [0.15, 0.2) is 18.2 Å². The highest BCUT2D eigenvalue weighted by Gasteiger charge is 2.37. The van der Waals surface area contributed by atoms with Crippen molar-refractivity contribution in [2.24, 2.45) is 0 Å². The molecule has 3 rings (SSSR count). The minimum Gasteiger partial charge on any atom is -0.493 e. The van der Waals surface area contributed by atoms with Gasteiger partial charge in [0.15, 0.2) is 0 Å². The van der Waals surface area contributed by atoms with Crippen molar-refractivity contribution in [1.29, 1.82) is 0 Å². The molecule has 1 fully saturated rings. The summed E-state index contributed by atoms with van der Waals surface area (Å²) in [6, 6.07) is 5.34. The van der Waals surface area contributed by atoms with E-state index in [4.69, 9.17) is 16.3 Å². The van der Waals surface area contributed by atoms with Crippen molar-refractivity contribution in [1.82, 2.24) is 4.90 Å². The average molecular weight is 296 g/mol. The van der Waals surface area contributed by atoms with Gasteiger partial charge in [0, 0.05) is 16.6 Å². The van der Waals surface area contributed by atoms with Crippen LogP contribution in [-0.4, -0.2) is 35.2 Å². The van der Waals surface area contributed by atoms with Crippen molar-refractivity contribution in [2.75, 3.05) is 13.2 Å². The number of hydrogen-bond acceptors (Lipinski definition) is 3. The molecule has 1 saturated heterocycles. The van der Waals surface area contributed by atoms with Crippen LogP contribution in [0.1, 0.15) is 37.3 Å². The van der Waals surface area contributed by atoms with Crippen LogP contribution in [-0.2, 0) is 4.79 Å². The largest absolute Gasteiger partial charge is 0.493 e. The second kappa shape index (κ2) is 5.62. The summed E-state index contributed by atoms with van der Waals surface area (Å²) in [5.41, 5.74) is 1.03. The van der Waals surface area contributed by atoms with Gasteiger partial charge in [0.05, 0.1) is 6.61 Å². The normalized spacial score (nSPS) is 26.6. The Balaban J connectivity index is 1.97. The molecule has 2 aliphatic rings. The number of carboxylic acid groups (broad SMARTS) is 1. The van der Waals surface area contributed by atoms with Crippen molar-refractivity contribution in [3.05, 3.63) is 28.8 Å². The van der Waals surface area contributed by atoms with Gasteiger partial charge < -0.3 is 9.84 Å². The molecule has 2 heterocycles. The third kappa shape index (κ3) is 2.50. The summed E-state index contributed by atoms with van der Waals surface area (Å²) < 4.78 is 5.76. The van der Waals surface area contributed by atoms with E-state index in [9.17, 15) is 9.90 Å². The number of carbonyl (C=O) groups is 1. The van der Waals surface area contributed by atoms with Crippen molar-refractivity contribution in [3.63, 3.8) is 0 Å². The Labute approximate surface area is 123 Å². The smallest absolute Gasteiger partial charge is 0.320 e. The standard InChI is InChI=1S/C15H18ClNO3/c16-10-5-6-14-11(9-10)12(4-2-8-20-14)17-7-1-3-13(17)15(18)19/h5-6,9,12-13H,1-4,7-8H2,(H,18,19). The molecule has 0 aliphatic carbocycles. The summed E-state index contributed by atoms with van der Waals surface area (Å²) in [6.07, 6.45) is 3.50. The van der Waals surface area contributed by atoms with E-state index in [0.717, 1.165) is 43.5 Å². The first-order valence-corrected chi connectivity index (χ1v) is 7.45. The molecule has 2 unspecified atom stereocenters. The molecule has 0 aromatic heterocycles. The summed E-state index contributed by atoms with van der Waals surface area (Å²) in [5.74, 6) is 0.115. The highest BCUT2D eigenvalue weighted by molar-refractivity contribution is 6.30. The lowest BCUT2D eigenvalue weighted by atomic mass is 9.99. The number of nitrogens with zero attached hydrogens (tertiary/aromatic N) is 1. The molecule has 0 spiro atoms. The average Bonchev–Trinajstić information content (AvgIpc) is 2.81. The zero-order valence-corrected chi connectivity index (χ0v) is 12.0. The zero-order valence-electron chi connectivity index (χ0n) is 11.2. The van der Waals surface area contributed by atoms with Crippen molar-refractivity contribution in [2.45, 2.75) is 37.8 Å². The van der Waals surface area contributed by atoms with E-state index in [1.165, 1.54) is 0 Å². The Morgan fingerprint density at radius 3 is 3.00 bits per heavy atom. The fourth-order valence-electron chi connectivity index (χ4n) is 3.30. The minimum absolute atomic E-state index is 0.0924. The van der Waals surface area contributed by atoms with E-state index in [1.54, 1.807) is 0 Å². The molecule has 5 heteroatoms. The molecular weight excluding hydrogens is 278 g/mol. The summed E-state index contributed by atoms with van der Waals surface area (Å²) in [4.78, 5) is 13.5. The monoisotopic (exact) mass is 295 g/mol. The van der Waals surface area contributed by atoms with E-state index < -0.39 is 5.97 Å². The van der Waals surface area contributed by atoms with Crippen LogP contribution < -0.4 is 4.74 Å². The van der Waals surface area contributed by atoms with Crippen molar-refractivity contribution < 1.29 is 14.6 Å². The fourth-order valence-corrected chi connectivity index (χ4v) is 3.48. The number of fused-ring (bicyclic) bond motifs is 1. The first kappa shape index (κ1) is 13.7. The Kier molecular flexibility index (Phi) is 3.85. The second-order valence-electron chi connectivity index (χ2n) is 5.42. The predicted molar refractivity (Wildman–Crippen MR) is 76.3 cm³/mol. The molecule has 0 radical (unpaired) electrons. The van der Waals surface area contributed by atoms with E-state index in [0.29, 0.717) is 11.6 Å². The highest BCUT2D eigenvalue weighted by Crippen LogP contribution is 2.40. The predicted octanol–water partition coefficient (Wildman–Crippen LogP) is 3.10. The molecule has 2 atom stereocenters. The van der Waals surface area contributed by atoms with Gasteiger partial charge in [-0.25, -0.2) is 0 Å². The van der Waals surface area contributed by atoms with Crippen molar-refractivity contribution in [3.8, 4) is 5.75 Å². The maximum atomic E-state index is 11.4. The molecule has 1 N–H and O–H groups in total. The molecule has 1 aromatic carbocycles. The van der Waals surface area contributed by atoms with Crippen molar-refractivity contribution >= 4 is 17.6 Å². The van der Waals surface area contributed by atoms with Gasteiger partial charge in [-0.3, -0.25) is 9.69 Å². The Bertz CT molecular complexity index is 520. The van der Waals surface area contributed by atoms with Gasteiger partial charge in [0.2, 0.25) is 0 Å². The van der Waals surface area contributed by atoms with Gasteiger partial charge >= 0.3 is 5.97 Å². The maximum absolute atomic E-state index is 11.4. The lowest BCUT2D eigenvalue weighted by Gasteiger charge is -2.31. The van der Waals surface area contributed by atoms with Gasteiger partial charge in [-0.1, -0.05) is 11.6 Å². The van der Waals surface area contributed by atoms with Gasteiger partial charge in [-0.2, -0.15) is 0 Å². The lowest BCUT2D eigenvalue weighted by molar-refractivity contribution is -0.143. The number of hydrogen-bond donors (Lipinski definition) is 1. The van der Waals surface area contributed by atoms with Crippen LogP contribution in [0.3, 0.4) is 0 Å². The third-order valence-electron chi connectivity index (χ3n) is 4.19. The van der Waals surface area contributed by atoms with Gasteiger partial charge in [-0.05, 0) is 50.4 Å².